The first-order valence-corrected chi connectivity index (χ1v) is 6.14. The average Bonchev–Trinajstić information content (AvgIpc) is 2.49. The van der Waals surface area contributed by atoms with Gasteiger partial charge in [-0.15, -0.1) is 0 Å². The number of hydrogen-bond acceptors (Lipinski definition) is 5. The summed E-state index contributed by atoms with van der Waals surface area (Å²) in [5.74, 6) is -1.60. The summed E-state index contributed by atoms with van der Waals surface area (Å²) in [6, 6.07) is 10.6. The van der Waals surface area contributed by atoms with Crippen LogP contribution in [0.5, 0.6) is 17.2 Å². The molecule has 0 aromatic heterocycles. The van der Waals surface area contributed by atoms with Crippen molar-refractivity contribution in [3.63, 3.8) is 0 Å². The summed E-state index contributed by atoms with van der Waals surface area (Å²) in [4.78, 5) is 11.8. The summed E-state index contributed by atoms with van der Waals surface area (Å²) in [6.45, 7) is 3.54. The maximum Gasteiger partial charge on any atom is 0.338 e. The van der Waals surface area contributed by atoms with E-state index in [2.05, 4.69) is 6.58 Å². The van der Waals surface area contributed by atoms with Gasteiger partial charge in [-0.2, -0.15) is 0 Å². The standard InChI is InChI=1S/C16H14O5/c1-10(12-7-14(18)15(19)8-13(12)17)9-21-16(20)11-5-3-2-4-6-11/h2-8,17-19H,1,9H2. The second-order valence-electron chi connectivity index (χ2n) is 4.40. The molecule has 3 N–H and O–H groups in total. The van der Waals surface area contributed by atoms with Gasteiger partial charge in [-0.3, -0.25) is 0 Å². The molecule has 0 saturated carbocycles. The van der Waals surface area contributed by atoms with Crippen LogP contribution in [0, 0.1) is 0 Å². The van der Waals surface area contributed by atoms with E-state index in [9.17, 15) is 20.1 Å². The van der Waals surface area contributed by atoms with Crippen molar-refractivity contribution in [3.05, 3.63) is 60.2 Å². The van der Waals surface area contributed by atoms with E-state index >= 15 is 0 Å². The average molecular weight is 286 g/mol. The Kier molecular flexibility index (Phi) is 4.13. The SMILES string of the molecule is C=C(COC(=O)c1ccccc1)c1cc(O)c(O)cc1O. The Morgan fingerprint density at radius 1 is 1.00 bits per heavy atom. The van der Waals surface area contributed by atoms with Crippen LogP contribution in [-0.4, -0.2) is 27.9 Å². The first kappa shape index (κ1) is 14.5. The van der Waals surface area contributed by atoms with E-state index in [1.807, 2.05) is 0 Å². The third-order valence-electron chi connectivity index (χ3n) is 2.86. The molecule has 5 heteroatoms. The number of carbonyl (C=O) groups excluding carboxylic acids is 1. The number of rotatable bonds is 4. The van der Waals surface area contributed by atoms with Crippen molar-refractivity contribution in [2.75, 3.05) is 6.61 Å². The highest BCUT2D eigenvalue weighted by molar-refractivity contribution is 5.90. The van der Waals surface area contributed by atoms with Crippen molar-refractivity contribution in [2.24, 2.45) is 0 Å². The lowest BCUT2D eigenvalue weighted by Crippen LogP contribution is -2.07. The van der Waals surface area contributed by atoms with Crippen LogP contribution in [0.25, 0.3) is 5.57 Å². The van der Waals surface area contributed by atoms with Crippen LogP contribution in [0.15, 0.2) is 49.0 Å². The summed E-state index contributed by atoms with van der Waals surface area (Å²) in [5, 5.41) is 28.4. The first-order chi connectivity index (χ1) is 9.99. The zero-order valence-corrected chi connectivity index (χ0v) is 11.1. The Hall–Kier alpha value is -2.95. The van der Waals surface area contributed by atoms with E-state index in [4.69, 9.17) is 4.74 Å². The van der Waals surface area contributed by atoms with Crippen LogP contribution in [0.4, 0.5) is 0 Å². The van der Waals surface area contributed by atoms with Crippen molar-refractivity contribution in [1.82, 2.24) is 0 Å². The molecule has 0 atom stereocenters. The Morgan fingerprint density at radius 2 is 1.62 bits per heavy atom. The summed E-state index contributed by atoms with van der Waals surface area (Å²) in [6.07, 6.45) is 0. The van der Waals surface area contributed by atoms with Gasteiger partial charge in [0.1, 0.15) is 12.4 Å². The maximum absolute atomic E-state index is 11.8. The molecule has 0 aliphatic heterocycles. The molecule has 0 fully saturated rings. The predicted octanol–water partition coefficient (Wildman–Crippen LogP) is 2.67. The molecular weight excluding hydrogens is 272 g/mol. The topological polar surface area (TPSA) is 87.0 Å². The van der Waals surface area contributed by atoms with E-state index in [0.717, 1.165) is 12.1 Å². The summed E-state index contributed by atoms with van der Waals surface area (Å²) in [5.41, 5.74) is 0.904. The van der Waals surface area contributed by atoms with Crippen molar-refractivity contribution < 1.29 is 24.9 Å². The van der Waals surface area contributed by atoms with Crippen molar-refractivity contribution >= 4 is 11.5 Å². The Balaban J connectivity index is 2.06. The van der Waals surface area contributed by atoms with Gasteiger partial charge in [0, 0.05) is 11.6 Å². The molecule has 21 heavy (non-hydrogen) atoms. The van der Waals surface area contributed by atoms with Crippen molar-refractivity contribution in [2.45, 2.75) is 0 Å². The van der Waals surface area contributed by atoms with Gasteiger partial charge in [0.15, 0.2) is 11.5 Å². The fourth-order valence-corrected chi connectivity index (χ4v) is 1.74. The zero-order chi connectivity index (χ0) is 15.4. The largest absolute Gasteiger partial charge is 0.507 e. The number of ether oxygens (including phenoxy) is 1. The molecule has 0 spiro atoms. The normalized spacial score (nSPS) is 10.1. The van der Waals surface area contributed by atoms with E-state index in [1.54, 1.807) is 30.3 Å². The monoisotopic (exact) mass is 286 g/mol. The Morgan fingerprint density at radius 3 is 2.29 bits per heavy atom. The van der Waals surface area contributed by atoms with Gasteiger partial charge in [0.2, 0.25) is 0 Å². The number of phenols is 3. The second-order valence-corrected chi connectivity index (χ2v) is 4.40. The number of phenolic OH excluding ortho intramolecular Hbond substituents is 3. The van der Waals surface area contributed by atoms with Gasteiger partial charge in [-0.1, -0.05) is 24.8 Å². The highest BCUT2D eigenvalue weighted by atomic mass is 16.5. The molecule has 5 nitrogen and oxygen atoms in total. The fourth-order valence-electron chi connectivity index (χ4n) is 1.74. The van der Waals surface area contributed by atoms with E-state index in [0.29, 0.717) is 11.1 Å². The number of esters is 1. The number of benzene rings is 2. The van der Waals surface area contributed by atoms with Crippen LogP contribution in [0.1, 0.15) is 15.9 Å². The highest BCUT2D eigenvalue weighted by Gasteiger charge is 2.13. The lowest BCUT2D eigenvalue weighted by Gasteiger charge is -2.10. The smallest absolute Gasteiger partial charge is 0.338 e. The third kappa shape index (κ3) is 3.33. The quantitative estimate of drug-likeness (QED) is 0.457. The molecule has 2 aromatic carbocycles. The zero-order valence-electron chi connectivity index (χ0n) is 11.1. The lowest BCUT2D eigenvalue weighted by molar-refractivity contribution is 0.0557. The molecule has 0 bridgehead atoms. The molecule has 0 heterocycles. The van der Waals surface area contributed by atoms with Gasteiger partial charge in [0.25, 0.3) is 0 Å². The van der Waals surface area contributed by atoms with Crippen LogP contribution in [0.3, 0.4) is 0 Å². The van der Waals surface area contributed by atoms with Crippen molar-refractivity contribution in [1.29, 1.82) is 0 Å². The van der Waals surface area contributed by atoms with Gasteiger partial charge in [-0.25, -0.2) is 4.79 Å². The molecule has 0 amide bonds. The second kappa shape index (κ2) is 6.00. The minimum absolute atomic E-state index is 0.147. The molecule has 0 radical (unpaired) electrons. The first-order valence-electron chi connectivity index (χ1n) is 6.14. The van der Waals surface area contributed by atoms with Crippen molar-refractivity contribution in [3.8, 4) is 17.2 Å². The van der Waals surface area contributed by atoms with Gasteiger partial charge in [0.05, 0.1) is 5.56 Å². The molecule has 2 aromatic rings. The number of carbonyl (C=O) groups is 1. The molecule has 0 saturated heterocycles. The fraction of sp³-hybridized carbons (Fsp3) is 0.0625. The van der Waals surface area contributed by atoms with Crippen LogP contribution in [-0.2, 0) is 4.74 Å². The molecule has 0 aliphatic rings. The molecule has 2 rings (SSSR count). The number of hydrogen-bond donors (Lipinski definition) is 3. The van der Waals surface area contributed by atoms with E-state index in [-0.39, 0.29) is 17.9 Å². The van der Waals surface area contributed by atoms with E-state index in [1.165, 1.54) is 0 Å². The van der Waals surface area contributed by atoms with Crippen LogP contribution in [0.2, 0.25) is 0 Å². The van der Waals surface area contributed by atoms with Gasteiger partial charge in [-0.05, 0) is 23.8 Å². The van der Waals surface area contributed by atoms with Gasteiger partial charge >= 0.3 is 5.97 Å². The lowest BCUT2D eigenvalue weighted by atomic mass is 10.1. The summed E-state index contributed by atoms with van der Waals surface area (Å²) in [7, 11) is 0. The number of aromatic hydroxyl groups is 3. The Bertz CT molecular complexity index is 677. The van der Waals surface area contributed by atoms with Gasteiger partial charge < -0.3 is 20.1 Å². The third-order valence-corrected chi connectivity index (χ3v) is 2.86. The molecular formula is C16H14O5. The predicted molar refractivity (Wildman–Crippen MR) is 77.2 cm³/mol. The molecule has 108 valence electrons. The summed E-state index contributed by atoms with van der Waals surface area (Å²) >= 11 is 0. The highest BCUT2D eigenvalue weighted by Crippen LogP contribution is 2.35. The van der Waals surface area contributed by atoms with Crippen LogP contribution >= 0.6 is 0 Å². The summed E-state index contributed by atoms with van der Waals surface area (Å²) < 4.78 is 5.08. The minimum Gasteiger partial charge on any atom is -0.507 e. The van der Waals surface area contributed by atoms with E-state index < -0.39 is 17.5 Å². The molecule has 0 aliphatic carbocycles. The molecule has 0 unspecified atom stereocenters. The van der Waals surface area contributed by atoms with Crippen LogP contribution < -0.4 is 0 Å². The Labute approximate surface area is 121 Å². The maximum atomic E-state index is 11.8. The minimum atomic E-state index is -0.515.